The molecule has 0 radical (unpaired) electrons. The van der Waals surface area contributed by atoms with Crippen LogP contribution in [0.4, 0.5) is 5.69 Å². The molecule has 0 aliphatic rings. The summed E-state index contributed by atoms with van der Waals surface area (Å²) in [6.45, 7) is 8.71. The normalized spacial score (nSPS) is 10.4. The summed E-state index contributed by atoms with van der Waals surface area (Å²) in [5.74, 6) is -0.118. The summed E-state index contributed by atoms with van der Waals surface area (Å²) in [5.41, 5.74) is 8.94. The van der Waals surface area contributed by atoms with Gasteiger partial charge >= 0.3 is 0 Å². The van der Waals surface area contributed by atoms with E-state index in [0.29, 0.717) is 17.8 Å². The molecule has 1 aromatic carbocycles. The number of benzene rings is 1. The van der Waals surface area contributed by atoms with Crippen molar-refractivity contribution >= 4 is 47.7 Å². The minimum absolute atomic E-state index is 0. The Morgan fingerprint density at radius 3 is 2.52 bits per heavy atom. The number of rotatable bonds is 3. The second-order valence-corrected chi connectivity index (χ2v) is 7.08. The first-order chi connectivity index (χ1) is 9.77. The van der Waals surface area contributed by atoms with Crippen molar-refractivity contribution in [2.75, 3.05) is 5.73 Å². The third-order valence-electron chi connectivity index (χ3n) is 3.23. The number of halogens is 2. The van der Waals surface area contributed by atoms with Gasteiger partial charge in [0, 0.05) is 22.0 Å². The first-order valence-corrected chi connectivity index (χ1v) is 7.74. The summed E-state index contributed by atoms with van der Waals surface area (Å²) >= 11 is 1.57. The van der Waals surface area contributed by atoms with E-state index in [9.17, 15) is 4.79 Å². The highest BCUT2D eigenvalue weighted by Crippen LogP contribution is 2.23. The van der Waals surface area contributed by atoms with Gasteiger partial charge in [-0.3, -0.25) is 4.79 Å². The van der Waals surface area contributed by atoms with Gasteiger partial charge in [0.2, 0.25) is 0 Å². The zero-order valence-corrected chi connectivity index (χ0v) is 16.1. The number of carbonyl (C=O) groups is 1. The van der Waals surface area contributed by atoms with Gasteiger partial charge in [0.1, 0.15) is 5.01 Å². The number of nitrogens with one attached hydrogen (secondary N) is 1. The average Bonchev–Trinajstić information content (AvgIpc) is 2.87. The minimum atomic E-state index is -0.118. The van der Waals surface area contributed by atoms with Crippen molar-refractivity contribution in [2.45, 2.75) is 39.7 Å². The molecule has 0 atom stereocenters. The Bertz CT molecular complexity index is 666. The maximum absolute atomic E-state index is 12.2. The minimum Gasteiger partial charge on any atom is -0.399 e. The quantitative estimate of drug-likeness (QED) is 0.793. The molecule has 0 bridgehead atoms. The first-order valence-electron chi connectivity index (χ1n) is 6.86. The smallest absolute Gasteiger partial charge is 0.251 e. The van der Waals surface area contributed by atoms with Crippen LogP contribution < -0.4 is 11.1 Å². The second kappa shape index (κ2) is 8.52. The van der Waals surface area contributed by atoms with Crippen LogP contribution in [0.25, 0.3) is 0 Å². The number of thiazole rings is 1. The molecule has 2 rings (SSSR count). The highest BCUT2D eigenvalue weighted by molar-refractivity contribution is 7.09. The van der Waals surface area contributed by atoms with Crippen LogP contribution in [0.5, 0.6) is 0 Å². The van der Waals surface area contributed by atoms with Crippen molar-refractivity contribution in [1.82, 2.24) is 10.3 Å². The number of nitrogens with two attached hydrogens (primary N) is 1. The molecule has 0 fully saturated rings. The number of carbonyl (C=O) groups excluding carboxylic acids is 1. The lowest BCUT2D eigenvalue weighted by molar-refractivity contribution is 0.0950. The lowest BCUT2D eigenvalue weighted by atomic mass is 9.93. The van der Waals surface area contributed by atoms with Crippen LogP contribution in [0.15, 0.2) is 23.6 Å². The van der Waals surface area contributed by atoms with E-state index in [2.05, 4.69) is 31.1 Å². The molecular weight excluding hydrogens is 353 g/mol. The fourth-order valence-corrected chi connectivity index (χ4v) is 2.83. The highest BCUT2D eigenvalue weighted by Gasteiger charge is 2.17. The van der Waals surface area contributed by atoms with Crippen LogP contribution in [-0.2, 0) is 12.0 Å². The van der Waals surface area contributed by atoms with Gasteiger partial charge in [-0.15, -0.1) is 36.2 Å². The standard InChI is InChI=1S/C16H21N3OS.2ClH/c1-10-5-6-11(17)7-12(10)15(20)18-8-14-19-13(9-21-14)16(2,3)4;;/h5-7,9H,8,17H2,1-4H3,(H,18,20);2*1H. The highest BCUT2D eigenvalue weighted by atomic mass is 35.5. The van der Waals surface area contributed by atoms with E-state index in [0.717, 1.165) is 16.3 Å². The molecule has 128 valence electrons. The van der Waals surface area contributed by atoms with Crippen LogP contribution in [0, 0.1) is 6.92 Å². The SMILES string of the molecule is Cc1ccc(N)cc1C(=O)NCc1nc(C(C)(C)C)cs1.Cl.Cl. The molecule has 2 aromatic rings. The lowest BCUT2D eigenvalue weighted by Gasteiger charge is -2.14. The molecule has 1 aromatic heterocycles. The topological polar surface area (TPSA) is 68.0 Å². The maximum Gasteiger partial charge on any atom is 0.251 e. The Kier molecular flexibility index (Phi) is 8.04. The average molecular weight is 376 g/mol. The van der Waals surface area contributed by atoms with Crippen LogP contribution in [-0.4, -0.2) is 10.9 Å². The number of amides is 1. The van der Waals surface area contributed by atoms with E-state index in [1.807, 2.05) is 18.4 Å². The molecular formula is C16H23Cl2N3OS. The molecule has 23 heavy (non-hydrogen) atoms. The van der Waals surface area contributed by atoms with E-state index >= 15 is 0 Å². The van der Waals surface area contributed by atoms with Gasteiger partial charge in [0.25, 0.3) is 5.91 Å². The Morgan fingerprint density at radius 1 is 1.30 bits per heavy atom. The van der Waals surface area contributed by atoms with E-state index in [4.69, 9.17) is 5.73 Å². The molecule has 0 spiro atoms. The number of nitrogen functional groups attached to an aromatic ring is 1. The summed E-state index contributed by atoms with van der Waals surface area (Å²) in [6, 6.07) is 5.35. The predicted octanol–water partition coefficient (Wildman–Crippen LogP) is 4.10. The van der Waals surface area contributed by atoms with Gasteiger partial charge in [-0.2, -0.15) is 0 Å². The first kappa shape index (κ1) is 21.7. The molecule has 1 heterocycles. The maximum atomic E-state index is 12.2. The molecule has 3 N–H and O–H groups in total. The van der Waals surface area contributed by atoms with Crippen molar-refractivity contribution in [3.63, 3.8) is 0 Å². The summed E-state index contributed by atoms with van der Waals surface area (Å²) in [4.78, 5) is 16.8. The molecule has 0 aliphatic heterocycles. The number of hydrogen-bond donors (Lipinski definition) is 2. The molecule has 4 nitrogen and oxygen atoms in total. The van der Waals surface area contributed by atoms with Gasteiger partial charge < -0.3 is 11.1 Å². The van der Waals surface area contributed by atoms with Crippen molar-refractivity contribution in [1.29, 1.82) is 0 Å². The number of aryl methyl sites for hydroxylation is 1. The third kappa shape index (κ3) is 5.68. The Labute approximate surface area is 153 Å². The summed E-state index contributed by atoms with van der Waals surface area (Å²) in [5, 5.41) is 5.86. The molecule has 0 unspecified atom stereocenters. The molecule has 0 saturated heterocycles. The predicted molar refractivity (Wildman–Crippen MR) is 102 cm³/mol. The number of aromatic nitrogens is 1. The van der Waals surface area contributed by atoms with Gasteiger partial charge in [-0.1, -0.05) is 26.8 Å². The van der Waals surface area contributed by atoms with Gasteiger partial charge in [0.15, 0.2) is 0 Å². The fourth-order valence-electron chi connectivity index (χ4n) is 1.87. The van der Waals surface area contributed by atoms with E-state index in [1.165, 1.54) is 0 Å². The number of nitrogens with zero attached hydrogens (tertiary/aromatic N) is 1. The summed E-state index contributed by atoms with van der Waals surface area (Å²) < 4.78 is 0. The monoisotopic (exact) mass is 375 g/mol. The Balaban J connectivity index is 0.00000242. The van der Waals surface area contributed by atoms with Crippen molar-refractivity contribution in [2.24, 2.45) is 0 Å². The molecule has 0 aliphatic carbocycles. The summed E-state index contributed by atoms with van der Waals surface area (Å²) in [7, 11) is 0. The second-order valence-electron chi connectivity index (χ2n) is 6.13. The van der Waals surface area contributed by atoms with Crippen molar-refractivity contribution in [3.05, 3.63) is 45.4 Å². The Morgan fingerprint density at radius 2 is 1.96 bits per heavy atom. The van der Waals surface area contributed by atoms with Crippen molar-refractivity contribution in [3.8, 4) is 0 Å². The van der Waals surface area contributed by atoms with Gasteiger partial charge in [-0.25, -0.2) is 4.98 Å². The zero-order valence-electron chi connectivity index (χ0n) is 13.7. The number of anilines is 1. The van der Waals surface area contributed by atoms with Gasteiger partial charge in [-0.05, 0) is 24.6 Å². The van der Waals surface area contributed by atoms with E-state index in [-0.39, 0.29) is 36.1 Å². The zero-order chi connectivity index (χ0) is 15.6. The Hall–Kier alpha value is -1.30. The molecule has 7 heteroatoms. The summed E-state index contributed by atoms with van der Waals surface area (Å²) in [6.07, 6.45) is 0. The van der Waals surface area contributed by atoms with E-state index in [1.54, 1.807) is 23.5 Å². The van der Waals surface area contributed by atoms with Crippen LogP contribution in [0.3, 0.4) is 0 Å². The molecule has 0 saturated carbocycles. The number of hydrogen-bond acceptors (Lipinski definition) is 4. The fraction of sp³-hybridized carbons (Fsp3) is 0.375. The molecule has 1 amide bonds. The van der Waals surface area contributed by atoms with E-state index < -0.39 is 0 Å². The third-order valence-corrected chi connectivity index (χ3v) is 4.08. The van der Waals surface area contributed by atoms with Crippen LogP contribution in [0.2, 0.25) is 0 Å². The van der Waals surface area contributed by atoms with Crippen LogP contribution >= 0.6 is 36.2 Å². The largest absolute Gasteiger partial charge is 0.399 e. The lowest BCUT2D eigenvalue weighted by Crippen LogP contribution is -2.24. The van der Waals surface area contributed by atoms with Crippen LogP contribution in [0.1, 0.15) is 47.4 Å². The van der Waals surface area contributed by atoms with Crippen molar-refractivity contribution < 1.29 is 4.79 Å². The van der Waals surface area contributed by atoms with Gasteiger partial charge in [0.05, 0.1) is 12.2 Å².